The van der Waals surface area contributed by atoms with Gasteiger partial charge in [-0.05, 0) is 37.5 Å². The van der Waals surface area contributed by atoms with E-state index in [1.165, 1.54) is 5.56 Å². The molecule has 1 fully saturated rings. The van der Waals surface area contributed by atoms with Crippen LogP contribution in [0.3, 0.4) is 0 Å². The van der Waals surface area contributed by atoms with Gasteiger partial charge >= 0.3 is 0 Å². The summed E-state index contributed by atoms with van der Waals surface area (Å²) in [6.45, 7) is 8.54. The quantitative estimate of drug-likeness (QED) is 0.707. The SMILES string of the molecule is CCc1cccc(NC(=O)CCC(=O)N[C@H](C)CCN2CCOCC2)c1. The van der Waals surface area contributed by atoms with E-state index in [9.17, 15) is 9.59 Å². The molecule has 2 N–H and O–H groups in total. The number of hydrogen-bond donors (Lipinski definition) is 2. The van der Waals surface area contributed by atoms with Crippen molar-refractivity contribution in [3.05, 3.63) is 29.8 Å². The number of amides is 2. The predicted molar refractivity (Wildman–Crippen MR) is 103 cm³/mol. The molecule has 0 radical (unpaired) electrons. The van der Waals surface area contributed by atoms with Gasteiger partial charge in [0.15, 0.2) is 0 Å². The topological polar surface area (TPSA) is 70.7 Å². The average molecular weight is 361 g/mol. The van der Waals surface area contributed by atoms with Crippen molar-refractivity contribution in [3.8, 4) is 0 Å². The van der Waals surface area contributed by atoms with Crippen LogP contribution in [0.5, 0.6) is 0 Å². The van der Waals surface area contributed by atoms with Gasteiger partial charge in [0.25, 0.3) is 0 Å². The molecule has 26 heavy (non-hydrogen) atoms. The molecule has 1 atom stereocenters. The van der Waals surface area contributed by atoms with Crippen LogP contribution in [0.4, 0.5) is 5.69 Å². The fraction of sp³-hybridized carbons (Fsp3) is 0.600. The van der Waals surface area contributed by atoms with Gasteiger partial charge in [-0.2, -0.15) is 0 Å². The fourth-order valence-corrected chi connectivity index (χ4v) is 2.94. The average Bonchev–Trinajstić information content (AvgIpc) is 2.66. The predicted octanol–water partition coefficient (Wildman–Crippen LogP) is 2.19. The molecule has 1 aromatic rings. The standard InChI is InChI=1S/C20H31N3O3/c1-3-17-5-4-6-18(15-17)22-20(25)8-7-19(24)21-16(2)9-10-23-11-13-26-14-12-23/h4-6,15-16H,3,7-14H2,1-2H3,(H,21,24)(H,22,25)/t16-/m1/s1. The minimum atomic E-state index is -0.130. The highest BCUT2D eigenvalue weighted by molar-refractivity contribution is 5.93. The fourth-order valence-electron chi connectivity index (χ4n) is 2.94. The van der Waals surface area contributed by atoms with Crippen molar-refractivity contribution in [2.24, 2.45) is 0 Å². The van der Waals surface area contributed by atoms with E-state index < -0.39 is 0 Å². The summed E-state index contributed by atoms with van der Waals surface area (Å²) in [4.78, 5) is 26.4. The largest absolute Gasteiger partial charge is 0.379 e. The van der Waals surface area contributed by atoms with Gasteiger partial charge in [-0.15, -0.1) is 0 Å². The molecule has 2 rings (SSSR count). The Bertz CT molecular complexity index is 585. The summed E-state index contributed by atoms with van der Waals surface area (Å²) >= 11 is 0. The molecule has 6 heteroatoms. The Labute approximate surface area is 156 Å². The highest BCUT2D eigenvalue weighted by atomic mass is 16.5. The Hall–Kier alpha value is -1.92. The summed E-state index contributed by atoms with van der Waals surface area (Å²) in [6, 6.07) is 7.89. The minimum Gasteiger partial charge on any atom is -0.379 e. The number of carbonyl (C=O) groups is 2. The number of ether oxygens (including phenoxy) is 1. The zero-order chi connectivity index (χ0) is 18.8. The van der Waals surface area contributed by atoms with Crippen LogP contribution < -0.4 is 10.6 Å². The highest BCUT2D eigenvalue weighted by Gasteiger charge is 2.14. The normalized spacial score (nSPS) is 16.1. The van der Waals surface area contributed by atoms with Gasteiger partial charge in [0, 0.05) is 44.2 Å². The molecular weight excluding hydrogens is 330 g/mol. The van der Waals surface area contributed by atoms with E-state index in [2.05, 4.69) is 22.5 Å². The Balaban J connectivity index is 1.63. The first-order valence-corrected chi connectivity index (χ1v) is 9.55. The van der Waals surface area contributed by atoms with E-state index in [4.69, 9.17) is 4.74 Å². The van der Waals surface area contributed by atoms with Crippen LogP contribution >= 0.6 is 0 Å². The second-order valence-corrected chi connectivity index (χ2v) is 6.81. The number of nitrogens with zero attached hydrogens (tertiary/aromatic N) is 1. The molecule has 1 aromatic carbocycles. The second-order valence-electron chi connectivity index (χ2n) is 6.81. The number of rotatable bonds is 9. The summed E-state index contributed by atoms with van der Waals surface area (Å²) in [5.41, 5.74) is 1.96. The maximum absolute atomic E-state index is 12.0. The molecule has 1 heterocycles. The zero-order valence-electron chi connectivity index (χ0n) is 15.9. The molecule has 1 aliphatic rings. The Kier molecular flexibility index (Phi) is 8.58. The van der Waals surface area contributed by atoms with E-state index in [1.54, 1.807) is 0 Å². The third kappa shape index (κ3) is 7.54. The van der Waals surface area contributed by atoms with Gasteiger partial charge in [0.2, 0.25) is 11.8 Å². The third-order valence-electron chi connectivity index (χ3n) is 4.59. The summed E-state index contributed by atoms with van der Waals surface area (Å²) in [5, 5.41) is 5.84. The summed E-state index contributed by atoms with van der Waals surface area (Å²) in [6.07, 6.45) is 2.23. The summed E-state index contributed by atoms with van der Waals surface area (Å²) in [7, 11) is 0. The van der Waals surface area contributed by atoms with Gasteiger partial charge < -0.3 is 15.4 Å². The van der Waals surface area contributed by atoms with Gasteiger partial charge in [-0.25, -0.2) is 0 Å². The van der Waals surface area contributed by atoms with Gasteiger partial charge in [0.05, 0.1) is 13.2 Å². The first-order chi connectivity index (χ1) is 12.6. The molecule has 0 aromatic heterocycles. The Morgan fingerprint density at radius 2 is 1.92 bits per heavy atom. The molecule has 1 saturated heterocycles. The molecule has 1 aliphatic heterocycles. The third-order valence-corrected chi connectivity index (χ3v) is 4.59. The molecular formula is C20H31N3O3. The maximum Gasteiger partial charge on any atom is 0.224 e. The van der Waals surface area contributed by atoms with Crippen molar-refractivity contribution >= 4 is 17.5 Å². The zero-order valence-corrected chi connectivity index (χ0v) is 15.9. The van der Waals surface area contributed by atoms with Crippen molar-refractivity contribution in [1.29, 1.82) is 0 Å². The lowest BCUT2D eigenvalue weighted by Gasteiger charge is -2.27. The van der Waals surface area contributed by atoms with Crippen LogP contribution in [-0.2, 0) is 20.7 Å². The van der Waals surface area contributed by atoms with Crippen molar-refractivity contribution in [1.82, 2.24) is 10.2 Å². The van der Waals surface area contributed by atoms with Crippen LogP contribution in [0.25, 0.3) is 0 Å². The van der Waals surface area contributed by atoms with Crippen LogP contribution in [0.1, 0.15) is 38.7 Å². The molecule has 6 nitrogen and oxygen atoms in total. The van der Waals surface area contributed by atoms with Gasteiger partial charge in [0.1, 0.15) is 0 Å². The number of nitrogens with one attached hydrogen (secondary N) is 2. The van der Waals surface area contributed by atoms with Crippen molar-refractivity contribution < 1.29 is 14.3 Å². The monoisotopic (exact) mass is 361 g/mol. The lowest BCUT2D eigenvalue weighted by molar-refractivity contribution is -0.124. The molecule has 144 valence electrons. The highest BCUT2D eigenvalue weighted by Crippen LogP contribution is 2.11. The number of hydrogen-bond acceptors (Lipinski definition) is 4. The Morgan fingerprint density at radius 3 is 2.65 bits per heavy atom. The first-order valence-electron chi connectivity index (χ1n) is 9.55. The number of morpholine rings is 1. The molecule has 0 aliphatic carbocycles. The number of anilines is 1. The number of benzene rings is 1. The van der Waals surface area contributed by atoms with Gasteiger partial charge in [-0.3, -0.25) is 14.5 Å². The van der Waals surface area contributed by atoms with E-state index >= 15 is 0 Å². The van der Waals surface area contributed by atoms with E-state index in [-0.39, 0.29) is 30.7 Å². The molecule has 0 spiro atoms. The smallest absolute Gasteiger partial charge is 0.224 e. The summed E-state index contributed by atoms with van der Waals surface area (Å²) < 4.78 is 5.33. The van der Waals surface area contributed by atoms with Crippen molar-refractivity contribution in [2.45, 2.75) is 45.6 Å². The number of carbonyl (C=O) groups excluding carboxylic acids is 2. The Morgan fingerprint density at radius 1 is 1.19 bits per heavy atom. The maximum atomic E-state index is 12.0. The molecule has 0 unspecified atom stereocenters. The lowest BCUT2D eigenvalue weighted by atomic mass is 10.1. The van der Waals surface area contributed by atoms with Crippen LogP contribution in [0.2, 0.25) is 0 Å². The minimum absolute atomic E-state index is 0.0723. The molecule has 0 bridgehead atoms. The second kappa shape index (κ2) is 10.9. The van der Waals surface area contributed by atoms with E-state index in [0.29, 0.717) is 0 Å². The van der Waals surface area contributed by atoms with Crippen molar-refractivity contribution in [2.75, 3.05) is 38.2 Å². The van der Waals surface area contributed by atoms with Gasteiger partial charge in [-0.1, -0.05) is 19.1 Å². The summed E-state index contributed by atoms with van der Waals surface area (Å²) in [5.74, 6) is -0.202. The first kappa shape index (κ1) is 20.4. The molecule has 0 saturated carbocycles. The van der Waals surface area contributed by atoms with Crippen molar-refractivity contribution in [3.63, 3.8) is 0 Å². The van der Waals surface area contributed by atoms with Crippen LogP contribution in [0, 0.1) is 0 Å². The molecule has 2 amide bonds. The van der Waals surface area contributed by atoms with E-state index in [0.717, 1.165) is 51.4 Å². The lowest BCUT2D eigenvalue weighted by Crippen LogP contribution is -2.40. The van der Waals surface area contributed by atoms with Crippen LogP contribution in [0.15, 0.2) is 24.3 Å². The van der Waals surface area contributed by atoms with E-state index in [1.807, 2.05) is 31.2 Å². The van der Waals surface area contributed by atoms with Crippen LogP contribution in [-0.4, -0.2) is 55.6 Å². The number of aryl methyl sites for hydroxylation is 1.